The number of nitrogens with zero attached hydrogens (tertiary/aromatic N) is 3. The molecule has 0 N–H and O–H groups in total. The molecule has 4 nitrogen and oxygen atoms in total. The van der Waals surface area contributed by atoms with E-state index >= 15 is 0 Å². The molecule has 76 valence electrons. The zero-order valence-corrected chi connectivity index (χ0v) is 9.44. The van der Waals surface area contributed by atoms with Crippen LogP contribution in [-0.4, -0.2) is 22.4 Å². The van der Waals surface area contributed by atoms with Gasteiger partial charge in [0.25, 0.3) is 0 Å². The average Bonchev–Trinajstić information content (AvgIpc) is 2.61. The Hall–Kier alpha value is -1.41. The van der Waals surface area contributed by atoms with Crippen molar-refractivity contribution in [1.82, 2.24) is 9.97 Å². The van der Waals surface area contributed by atoms with Crippen LogP contribution in [0.2, 0.25) is 0 Å². The first-order valence-corrected chi connectivity index (χ1v) is 5.24. The van der Waals surface area contributed by atoms with Crippen molar-refractivity contribution in [3.8, 4) is 12.3 Å². The van der Waals surface area contributed by atoms with Crippen molar-refractivity contribution >= 4 is 27.8 Å². The van der Waals surface area contributed by atoms with Crippen LogP contribution in [0.4, 0.5) is 5.95 Å². The van der Waals surface area contributed by atoms with Gasteiger partial charge >= 0.3 is 0 Å². The molecular weight excluding hydrogens is 258 g/mol. The van der Waals surface area contributed by atoms with Crippen molar-refractivity contribution in [2.24, 2.45) is 5.92 Å². The summed E-state index contributed by atoms with van der Waals surface area (Å²) in [6.07, 6.45) is 8.89. The third-order valence-electron chi connectivity index (χ3n) is 2.21. The zero-order valence-electron chi connectivity index (χ0n) is 7.85. The van der Waals surface area contributed by atoms with Gasteiger partial charge < -0.3 is 0 Å². The minimum Gasteiger partial charge on any atom is -0.279 e. The van der Waals surface area contributed by atoms with E-state index in [0.717, 1.165) is 4.47 Å². The Morgan fingerprint density at radius 2 is 2.20 bits per heavy atom. The van der Waals surface area contributed by atoms with Crippen molar-refractivity contribution in [2.75, 3.05) is 11.4 Å². The zero-order chi connectivity index (χ0) is 10.8. The molecule has 1 saturated heterocycles. The van der Waals surface area contributed by atoms with E-state index < -0.39 is 0 Å². The second-order valence-electron chi connectivity index (χ2n) is 3.27. The van der Waals surface area contributed by atoms with Crippen LogP contribution >= 0.6 is 15.9 Å². The Morgan fingerprint density at radius 1 is 1.53 bits per heavy atom. The van der Waals surface area contributed by atoms with Gasteiger partial charge in [-0.3, -0.25) is 9.69 Å². The van der Waals surface area contributed by atoms with Crippen LogP contribution in [0.15, 0.2) is 16.9 Å². The van der Waals surface area contributed by atoms with Gasteiger partial charge in [-0.05, 0) is 15.9 Å². The number of hydrogen-bond donors (Lipinski definition) is 0. The van der Waals surface area contributed by atoms with Crippen molar-refractivity contribution in [1.29, 1.82) is 0 Å². The molecule has 1 amide bonds. The van der Waals surface area contributed by atoms with Crippen LogP contribution in [0.1, 0.15) is 6.42 Å². The predicted molar refractivity (Wildman–Crippen MR) is 59.0 cm³/mol. The minimum absolute atomic E-state index is 0.0136. The van der Waals surface area contributed by atoms with Crippen molar-refractivity contribution in [3.63, 3.8) is 0 Å². The van der Waals surface area contributed by atoms with Gasteiger partial charge in [0.05, 0.1) is 4.47 Å². The molecule has 1 aromatic rings. The van der Waals surface area contributed by atoms with E-state index in [1.807, 2.05) is 0 Å². The molecule has 1 atom stereocenters. The van der Waals surface area contributed by atoms with Crippen molar-refractivity contribution in [2.45, 2.75) is 6.42 Å². The largest absolute Gasteiger partial charge is 0.279 e. The Balaban J connectivity index is 2.22. The lowest BCUT2D eigenvalue weighted by Gasteiger charge is -2.12. The maximum atomic E-state index is 11.6. The highest BCUT2D eigenvalue weighted by atomic mass is 79.9. The lowest BCUT2D eigenvalue weighted by Crippen LogP contribution is -2.26. The van der Waals surface area contributed by atoms with E-state index in [0.29, 0.717) is 18.9 Å². The lowest BCUT2D eigenvalue weighted by atomic mass is 10.1. The third-order valence-corrected chi connectivity index (χ3v) is 2.62. The van der Waals surface area contributed by atoms with Crippen LogP contribution in [0.25, 0.3) is 0 Å². The smallest absolute Gasteiger partial charge is 0.232 e. The molecule has 0 aliphatic carbocycles. The first-order valence-electron chi connectivity index (χ1n) is 4.44. The minimum atomic E-state index is -0.0234. The molecule has 0 bridgehead atoms. The van der Waals surface area contributed by atoms with Crippen molar-refractivity contribution in [3.05, 3.63) is 16.9 Å². The topological polar surface area (TPSA) is 46.1 Å². The van der Waals surface area contributed by atoms with E-state index in [1.165, 1.54) is 4.90 Å². The number of terminal acetylenes is 1. The highest BCUT2D eigenvalue weighted by molar-refractivity contribution is 9.10. The summed E-state index contributed by atoms with van der Waals surface area (Å²) in [7, 11) is 0. The summed E-state index contributed by atoms with van der Waals surface area (Å²) in [6.45, 7) is 0.511. The summed E-state index contributed by atoms with van der Waals surface area (Å²) in [5.74, 6) is 2.96. The normalized spacial score (nSPS) is 20.4. The number of anilines is 1. The van der Waals surface area contributed by atoms with Crippen LogP contribution in [-0.2, 0) is 4.79 Å². The molecule has 2 rings (SSSR count). The van der Waals surface area contributed by atoms with Gasteiger partial charge in [0.1, 0.15) is 0 Å². The van der Waals surface area contributed by atoms with Crippen LogP contribution in [0, 0.1) is 18.3 Å². The number of hydrogen-bond acceptors (Lipinski definition) is 3. The molecule has 1 aliphatic rings. The lowest BCUT2D eigenvalue weighted by molar-refractivity contribution is -0.117. The fourth-order valence-corrected chi connectivity index (χ4v) is 1.66. The Labute approximate surface area is 95.8 Å². The second kappa shape index (κ2) is 3.99. The molecule has 1 fully saturated rings. The maximum Gasteiger partial charge on any atom is 0.232 e. The van der Waals surface area contributed by atoms with Crippen LogP contribution < -0.4 is 4.90 Å². The Morgan fingerprint density at radius 3 is 2.73 bits per heavy atom. The fourth-order valence-electron chi connectivity index (χ4n) is 1.46. The number of halogens is 1. The number of rotatable bonds is 1. The quantitative estimate of drug-likeness (QED) is 0.718. The Bertz CT molecular complexity index is 423. The number of carbonyl (C=O) groups excluding carboxylic acids is 1. The van der Waals surface area contributed by atoms with Crippen molar-refractivity contribution < 1.29 is 4.79 Å². The summed E-state index contributed by atoms with van der Waals surface area (Å²) in [5, 5.41) is 0. The molecule has 0 radical (unpaired) electrons. The molecule has 0 aromatic carbocycles. The number of aromatic nitrogens is 2. The molecule has 1 aliphatic heterocycles. The molecule has 15 heavy (non-hydrogen) atoms. The molecular formula is C10H8BrN3O. The van der Waals surface area contributed by atoms with Gasteiger partial charge in [-0.15, -0.1) is 12.3 Å². The molecule has 0 spiro atoms. The Kier molecular flexibility index (Phi) is 2.69. The fraction of sp³-hybridized carbons (Fsp3) is 0.300. The molecule has 5 heteroatoms. The highest BCUT2D eigenvalue weighted by Gasteiger charge is 2.30. The number of carbonyl (C=O) groups is 1. The first-order chi connectivity index (χ1) is 7.20. The van der Waals surface area contributed by atoms with Gasteiger partial charge in [-0.2, -0.15) is 0 Å². The van der Waals surface area contributed by atoms with Gasteiger partial charge in [0, 0.05) is 31.3 Å². The van der Waals surface area contributed by atoms with E-state index in [1.54, 1.807) is 12.4 Å². The van der Waals surface area contributed by atoms with E-state index in [4.69, 9.17) is 6.42 Å². The van der Waals surface area contributed by atoms with Gasteiger partial charge in [-0.1, -0.05) is 0 Å². The SMILES string of the molecule is C#CC1CC(=O)N(c2ncc(Br)cn2)C1. The van der Waals surface area contributed by atoms with Gasteiger partial charge in [-0.25, -0.2) is 9.97 Å². The third kappa shape index (κ3) is 2.00. The summed E-state index contributed by atoms with van der Waals surface area (Å²) in [5.41, 5.74) is 0. The monoisotopic (exact) mass is 265 g/mol. The summed E-state index contributed by atoms with van der Waals surface area (Å²) < 4.78 is 0.784. The summed E-state index contributed by atoms with van der Waals surface area (Å²) in [6, 6.07) is 0. The predicted octanol–water partition coefficient (Wildman–Crippen LogP) is 1.23. The van der Waals surface area contributed by atoms with E-state index in [-0.39, 0.29) is 11.8 Å². The van der Waals surface area contributed by atoms with Crippen LogP contribution in [0.3, 0.4) is 0 Å². The molecule has 2 heterocycles. The van der Waals surface area contributed by atoms with E-state index in [2.05, 4.69) is 31.8 Å². The second-order valence-corrected chi connectivity index (χ2v) is 4.19. The first kappa shape index (κ1) is 10.1. The highest BCUT2D eigenvalue weighted by Crippen LogP contribution is 2.21. The van der Waals surface area contributed by atoms with Gasteiger partial charge in [0.15, 0.2) is 0 Å². The van der Waals surface area contributed by atoms with E-state index in [9.17, 15) is 4.79 Å². The summed E-state index contributed by atoms with van der Waals surface area (Å²) >= 11 is 3.23. The average molecular weight is 266 g/mol. The molecule has 0 saturated carbocycles. The van der Waals surface area contributed by atoms with Gasteiger partial charge in [0.2, 0.25) is 11.9 Å². The standard InChI is InChI=1S/C10H8BrN3O/c1-2-7-3-9(15)14(6-7)10-12-4-8(11)5-13-10/h1,4-5,7H,3,6H2. The van der Waals surface area contributed by atoms with Crippen LogP contribution in [0.5, 0.6) is 0 Å². The maximum absolute atomic E-state index is 11.6. The molecule has 1 aromatic heterocycles. The summed E-state index contributed by atoms with van der Waals surface area (Å²) in [4.78, 5) is 21.2. The molecule has 1 unspecified atom stereocenters. The number of amides is 1.